The van der Waals surface area contributed by atoms with Crippen LogP contribution in [-0.2, 0) is 4.79 Å². The van der Waals surface area contributed by atoms with Gasteiger partial charge in [0.2, 0.25) is 5.91 Å². The second-order valence-electron chi connectivity index (χ2n) is 4.71. The lowest BCUT2D eigenvalue weighted by molar-refractivity contribution is -0.122. The maximum atomic E-state index is 12.1. The van der Waals surface area contributed by atoms with Crippen LogP contribution in [0, 0.1) is 11.8 Å². The predicted octanol–water partition coefficient (Wildman–Crippen LogP) is 0.659. The van der Waals surface area contributed by atoms with Crippen molar-refractivity contribution < 1.29 is 9.59 Å². The molecule has 1 fully saturated rings. The van der Waals surface area contributed by atoms with Gasteiger partial charge in [-0.3, -0.25) is 9.59 Å². The molecule has 6 heteroatoms. The van der Waals surface area contributed by atoms with Crippen LogP contribution in [0.4, 0.5) is 0 Å². The Morgan fingerprint density at radius 3 is 2.95 bits per heavy atom. The average molecular weight is 306 g/mol. The zero-order valence-electron chi connectivity index (χ0n) is 11.4. The van der Waals surface area contributed by atoms with E-state index < -0.39 is 0 Å². The molecule has 1 aliphatic heterocycles. The molecule has 0 bridgehead atoms. The average Bonchev–Trinajstić information content (AvgIpc) is 2.48. The predicted molar refractivity (Wildman–Crippen MR) is 80.9 cm³/mol. The Morgan fingerprint density at radius 1 is 1.52 bits per heavy atom. The van der Waals surface area contributed by atoms with Crippen LogP contribution in [-0.4, -0.2) is 30.9 Å². The molecule has 4 N–H and O–H groups in total. The van der Waals surface area contributed by atoms with E-state index in [1.165, 1.54) is 0 Å². The lowest BCUT2D eigenvalue weighted by Crippen LogP contribution is -2.47. The molecule has 1 saturated heterocycles. The van der Waals surface area contributed by atoms with Crippen LogP contribution in [0.25, 0.3) is 0 Å². The number of nitrogens with one attached hydrogen (secondary N) is 2. The highest BCUT2D eigenvalue weighted by atomic mass is 35.5. The SMILES string of the molecule is NCC#Cc1ccc(C(=O)NC2CCC(=O)NC2)cc1Cl. The van der Waals surface area contributed by atoms with Gasteiger partial charge in [-0.1, -0.05) is 23.4 Å². The molecule has 2 rings (SSSR count). The first kappa shape index (κ1) is 15.4. The smallest absolute Gasteiger partial charge is 0.251 e. The number of carbonyl (C=O) groups is 2. The van der Waals surface area contributed by atoms with Gasteiger partial charge < -0.3 is 16.4 Å². The minimum absolute atomic E-state index is 0.0198. The van der Waals surface area contributed by atoms with E-state index in [1.807, 2.05) is 0 Å². The van der Waals surface area contributed by atoms with E-state index in [1.54, 1.807) is 18.2 Å². The summed E-state index contributed by atoms with van der Waals surface area (Å²) in [5, 5.41) is 6.02. The molecular weight excluding hydrogens is 290 g/mol. The molecule has 2 amide bonds. The summed E-state index contributed by atoms with van der Waals surface area (Å²) in [6.07, 6.45) is 1.07. The van der Waals surface area contributed by atoms with E-state index in [0.29, 0.717) is 35.5 Å². The fourth-order valence-electron chi connectivity index (χ4n) is 2.03. The number of carbonyl (C=O) groups excluding carboxylic acids is 2. The van der Waals surface area contributed by atoms with E-state index in [9.17, 15) is 9.59 Å². The van der Waals surface area contributed by atoms with Gasteiger partial charge in [0.05, 0.1) is 11.6 Å². The van der Waals surface area contributed by atoms with Crippen molar-refractivity contribution >= 4 is 23.4 Å². The second-order valence-corrected chi connectivity index (χ2v) is 5.12. The molecule has 5 nitrogen and oxygen atoms in total. The van der Waals surface area contributed by atoms with Crippen molar-refractivity contribution in [3.63, 3.8) is 0 Å². The Bertz CT molecular complexity index is 609. The van der Waals surface area contributed by atoms with E-state index in [0.717, 1.165) is 0 Å². The molecular formula is C15H16ClN3O2. The van der Waals surface area contributed by atoms with E-state index in [4.69, 9.17) is 17.3 Å². The molecule has 1 aliphatic rings. The van der Waals surface area contributed by atoms with Gasteiger partial charge in [-0.05, 0) is 24.6 Å². The molecule has 1 aromatic carbocycles. The first-order valence-corrected chi connectivity index (χ1v) is 7.04. The summed E-state index contributed by atoms with van der Waals surface area (Å²) in [6, 6.07) is 4.90. The van der Waals surface area contributed by atoms with Crippen molar-refractivity contribution in [1.29, 1.82) is 0 Å². The maximum absolute atomic E-state index is 12.1. The summed E-state index contributed by atoms with van der Waals surface area (Å²) < 4.78 is 0. The third kappa shape index (κ3) is 4.22. The second kappa shape index (κ2) is 7.11. The highest BCUT2D eigenvalue weighted by Gasteiger charge is 2.20. The topological polar surface area (TPSA) is 84.2 Å². The Labute approximate surface area is 128 Å². The monoisotopic (exact) mass is 305 g/mol. The van der Waals surface area contributed by atoms with Gasteiger partial charge in [0.15, 0.2) is 0 Å². The number of benzene rings is 1. The molecule has 0 saturated carbocycles. The third-order valence-corrected chi connectivity index (χ3v) is 3.47. The molecule has 1 aromatic rings. The highest BCUT2D eigenvalue weighted by molar-refractivity contribution is 6.32. The Morgan fingerprint density at radius 2 is 2.33 bits per heavy atom. The highest BCUT2D eigenvalue weighted by Crippen LogP contribution is 2.17. The molecule has 1 atom stereocenters. The minimum atomic E-state index is -0.212. The van der Waals surface area contributed by atoms with Crippen molar-refractivity contribution in [2.45, 2.75) is 18.9 Å². The van der Waals surface area contributed by atoms with Crippen molar-refractivity contribution in [1.82, 2.24) is 10.6 Å². The minimum Gasteiger partial charge on any atom is -0.354 e. The van der Waals surface area contributed by atoms with Crippen LogP contribution in [0.1, 0.15) is 28.8 Å². The number of amides is 2. The van der Waals surface area contributed by atoms with Crippen LogP contribution < -0.4 is 16.4 Å². The molecule has 0 aliphatic carbocycles. The van der Waals surface area contributed by atoms with Crippen LogP contribution in [0.5, 0.6) is 0 Å². The summed E-state index contributed by atoms with van der Waals surface area (Å²) in [4.78, 5) is 23.2. The van der Waals surface area contributed by atoms with Crippen LogP contribution in [0.2, 0.25) is 5.02 Å². The van der Waals surface area contributed by atoms with Crippen molar-refractivity contribution in [2.75, 3.05) is 13.1 Å². The first-order valence-electron chi connectivity index (χ1n) is 6.66. The molecule has 1 heterocycles. The number of piperidine rings is 1. The van der Waals surface area contributed by atoms with Crippen LogP contribution in [0.15, 0.2) is 18.2 Å². The number of halogens is 1. The van der Waals surface area contributed by atoms with Crippen LogP contribution >= 0.6 is 11.6 Å². The summed E-state index contributed by atoms with van der Waals surface area (Å²) >= 11 is 6.09. The van der Waals surface area contributed by atoms with Gasteiger partial charge >= 0.3 is 0 Å². The lowest BCUT2D eigenvalue weighted by atomic mass is 10.1. The van der Waals surface area contributed by atoms with Crippen molar-refractivity contribution in [2.24, 2.45) is 5.73 Å². The molecule has 21 heavy (non-hydrogen) atoms. The third-order valence-electron chi connectivity index (χ3n) is 3.16. The van der Waals surface area contributed by atoms with Gasteiger partial charge in [0, 0.05) is 30.1 Å². The van der Waals surface area contributed by atoms with Crippen LogP contribution in [0.3, 0.4) is 0 Å². The number of nitrogens with two attached hydrogens (primary N) is 1. The molecule has 1 unspecified atom stereocenters. The summed E-state index contributed by atoms with van der Waals surface area (Å²) in [5.74, 6) is 5.36. The first-order chi connectivity index (χ1) is 10.1. The zero-order chi connectivity index (χ0) is 15.2. The van der Waals surface area contributed by atoms with Gasteiger partial charge in [0.25, 0.3) is 5.91 Å². The Balaban J connectivity index is 2.02. The van der Waals surface area contributed by atoms with Crippen molar-refractivity contribution in [3.05, 3.63) is 34.3 Å². The fraction of sp³-hybridized carbons (Fsp3) is 0.333. The molecule has 0 aromatic heterocycles. The number of hydrogen-bond donors (Lipinski definition) is 3. The standard InChI is InChI=1S/C15H16ClN3O2/c16-13-8-11(4-3-10(13)2-1-7-17)15(21)19-12-5-6-14(20)18-9-12/h3-4,8,12H,5-7,9,17H2,(H,18,20)(H,19,21). The van der Waals surface area contributed by atoms with Gasteiger partial charge in [-0.15, -0.1) is 0 Å². The van der Waals surface area contributed by atoms with E-state index in [2.05, 4.69) is 22.5 Å². The van der Waals surface area contributed by atoms with Crippen molar-refractivity contribution in [3.8, 4) is 11.8 Å². The fourth-order valence-corrected chi connectivity index (χ4v) is 2.26. The summed E-state index contributed by atoms with van der Waals surface area (Å²) in [6.45, 7) is 0.713. The molecule has 0 radical (unpaired) electrons. The molecule has 110 valence electrons. The van der Waals surface area contributed by atoms with Gasteiger partial charge in [-0.25, -0.2) is 0 Å². The normalized spacial score (nSPS) is 17.4. The quantitative estimate of drug-likeness (QED) is 0.702. The zero-order valence-corrected chi connectivity index (χ0v) is 12.2. The van der Waals surface area contributed by atoms with E-state index in [-0.39, 0.29) is 24.4 Å². The number of rotatable bonds is 2. The Kier molecular flexibility index (Phi) is 5.20. The largest absolute Gasteiger partial charge is 0.354 e. The Hall–Kier alpha value is -2.03. The van der Waals surface area contributed by atoms with E-state index >= 15 is 0 Å². The van der Waals surface area contributed by atoms with Gasteiger partial charge in [-0.2, -0.15) is 0 Å². The number of hydrogen-bond acceptors (Lipinski definition) is 3. The lowest BCUT2D eigenvalue weighted by Gasteiger charge is -2.23. The summed E-state index contributed by atoms with van der Waals surface area (Å²) in [5.41, 5.74) is 6.42. The summed E-state index contributed by atoms with van der Waals surface area (Å²) in [7, 11) is 0. The molecule has 0 spiro atoms. The maximum Gasteiger partial charge on any atom is 0.251 e. The van der Waals surface area contributed by atoms with Gasteiger partial charge in [0.1, 0.15) is 0 Å².